The van der Waals surface area contributed by atoms with Crippen molar-refractivity contribution in [3.05, 3.63) is 23.3 Å². The van der Waals surface area contributed by atoms with Gasteiger partial charge in [0, 0.05) is 12.1 Å². The van der Waals surface area contributed by atoms with Gasteiger partial charge >= 0.3 is 0 Å². The zero-order valence-electron chi connectivity index (χ0n) is 8.27. The summed E-state index contributed by atoms with van der Waals surface area (Å²) in [6, 6.07) is 0. The standard InChI is InChI=1S/C10H15F2N/c1-4-5-9-8(2)6-13(3)7-10(9,11)12/h4-5H,6-7H2,1-3H3/b5-4-. The number of rotatable bonds is 1. The molecule has 74 valence electrons. The van der Waals surface area contributed by atoms with Crippen molar-refractivity contribution in [2.75, 3.05) is 20.1 Å². The first-order valence-electron chi connectivity index (χ1n) is 4.36. The predicted molar refractivity (Wildman–Crippen MR) is 50.0 cm³/mol. The van der Waals surface area contributed by atoms with E-state index in [4.69, 9.17) is 0 Å². The van der Waals surface area contributed by atoms with Gasteiger partial charge in [0.1, 0.15) is 0 Å². The maximum atomic E-state index is 13.4. The molecule has 0 radical (unpaired) electrons. The number of alkyl halides is 2. The third kappa shape index (κ3) is 2.15. The molecule has 0 spiro atoms. The highest BCUT2D eigenvalue weighted by Gasteiger charge is 2.38. The minimum absolute atomic E-state index is 0.177. The summed E-state index contributed by atoms with van der Waals surface area (Å²) in [7, 11) is 1.71. The Labute approximate surface area is 77.7 Å². The SMILES string of the molecule is C/C=C\C1=C(C)CN(C)CC1(F)F. The summed E-state index contributed by atoms with van der Waals surface area (Å²) in [5, 5.41) is 0. The van der Waals surface area contributed by atoms with E-state index in [1.165, 1.54) is 6.08 Å². The van der Waals surface area contributed by atoms with Crippen LogP contribution in [0.25, 0.3) is 0 Å². The van der Waals surface area contributed by atoms with Crippen LogP contribution in [0.1, 0.15) is 13.8 Å². The summed E-state index contributed by atoms with van der Waals surface area (Å²) in [5.74, 6) is -2.69. The molecular formula is C10H15F2N. The Kier molecular flexibility index (Phi) is 2.86. The van der Waals surface area contributed by atoms with Crippen LogP contribution in [0.5, 0.6) is 0 Å². The van der Waals surface area contributed by atoms with Gasteiger partial charge in [0.05, 0.1) is 6.54 Å². The Balaban J connectivity index is 3.03. The first-order chi connectivity index (χ1) is 5.97. The molecule has 13 heavy (non-hydrogen) atoms. The lowest BCUT2D eigenvalue weighted by Crippen LogP contribution is -2.41. The van der Waals surface area contributed by atoms with Gasteiger partial charge in [-0.3, -0.25) is 4.90 Å². The number of hydrogen-bond acceptors (Lipinski definition) is 1. The topological polar surface area (TPSA) is 3.24 Å². The van der Waals surface area contributed by atoms with Crippen molar-refractivity contribution in [1.82, 2.24) is 4.90 Å². The fourth-order valence-electron chi connectivity index (χ4n) is 1.71. The van der Waals surface area contributed by atoms with E-state index in [0.29, 0.717) is 6.54 Å². The van der Waals surface area contributed by atoms with E-state index in [2.05, 4.69) is 0 Å². The molecule has 0 unspecified atom stereocenters. The molecule has 0 bridgehead atoms. The monoisotopic (exact) mass is 187 g/mol. The molecule has 0 aromatic rings. The summed E-state index contributed by atoms with van der Waals surface area (Å²) in [5.41, 5.74) is 0.949. The minimum Gasteiger partial charge on any atom is -0.296 e. The van der Waals surface area contributed by atoms with Crippen LogP contribution in [0.15, 0.2) is 23.3 Å². The largest absolute Gasteiger partial charge is 0.296 e. The average Bonchev–Trinajstić information content (AvgIpc) is 1.95. The maximum Gasteiger partial charge on any atom is 0.285 e. The molecule has 1 aliphatic heterocycles. The van der Waals surface area contributed by atoms with E-state index in [0.717, 1.165) is 5.57 Å². The Hall–Kier alpha value is -0.700. The fraction of sp³-hybridized carbons (Fsp3) is 0.600. The number of hydrogen-bond donors (Lipinski definition) is 0. The molecule has 0 N–H and O–H groups in total. The fourth-order valence-corrected chi connectivity index (χ4v) is 1.71. The predicted octanol–water partition coefficient (Wildman–Crippen LogP) is 2.46. The van der Waals surface area contributed by atoms with Crippen LogP contribution in [0.4, 0.5) is 8.78 Å². The molecule has 0 amide bonds. The first-order valence-corrected chi connectivity index (χ1v) is 4.36. The van der Waals surface area contributed by atoms with E-state index in [9.17, 15) is 8.78 Å². The number of nitrogens with zero attached hydrogens (tertiary/aromatic N) is 1. The lowest BCUT2D eigenvalue weighted by Gasteiger charge is -2.31. The van der Waals surface area contributed by atoms with Crippen LogP contribution in [0.2, 0.25) is 0 Å². The van der Waals surface area contributed by atoms with Gasteiger partial charge in [0.15, 0.2) is 0 Å². The molecule has 0 fully saturated rings. The van der Waals surface area contributed by atoms with Gasteiger partial charge in [0.25, 0.3) is 5.92 Å². The van der Waals surface area contributed by atoms with Crippen molar-refractivity contribution in [3.8, 4) is 0 Å². The number of halogens is 2. The first kappa shape index (κ1) is 10.4. The molecule has 0 aromatic carbocycles. The van der Waals surface area contributed by atoms with Crippen LogP contribution >= 0.6 is 0 Å². The molecule has 1 aliphatic rings. The second-order valence-corrected chi connectivity index (χ2v) is 3.57. The Morgan fingerprint density at radius 2 is 2.08 bits per heavy atom. The second-order valence-electron chi connectivity index (χ2n) is 3.57. The molecule has 1 heterocycles. The van der Waals surface area contributed by atoms with Crippen LogP contribution in [-0.4, -0.2) is 31.0 Å². The molecule has 0 aromatic heterocycles. The molecule has 0 atom stereocenters. The number of likely N-dealkylation sites (N-methyl/N-ethyl adjacent to an activating group) is 1. The van der Waals surface area contributed by atoms with Gasteiger partial charge in [-0.2, -0.15) is 8.78 Å². The summed E-state index contributed by atoms with van der Waals surface area (Å²) in [6.45, 7) is 3.98. The molecule has 0 saturated carbocycles. The molecule has 0 aliphatic carbocycles. The van der Waals surface area contributed by atoms with Crippen LogP contribution in [-0.2, 0) is 0 Å². The third-order valence-electron chi connectivity index (χ3n) is 2.16. The second kappa shape index (κ2) is 3.58. The molecule has 1 nitrogen and oxygen atoms in total. The summed E-state index contributed by atoms with van der Waals surface area (Å²) in [4.78, 5) is 1.64. The highest BCUT2D eigenvalue weighted by molar-refractivity contribution is 5.34. The molecular weight excluding hydrogens is 172 g/mol. The van der Waals surface area contributed by atoms with E-state index in [1.54, 1.807) is 31.9 Å². The van der Waals surface area contributed by atoms with Crippen molar-refractivity contribution in [2.45, 2.75) is 19.8 Å². The minimum atomic E-state index is -2.69. The highest BCUT2D eigenvalue weighted by atomic mass is 19.3. The quantitative estimate of drug-likeness (QED) is 0.609. The Morgan fingerprint density at radius 1 is 1.46 bits per heavy atom. The Bertz CT molecular complexity index is 254. The van der Waals surface area contributed by atoms with E-state index < -0.39 is 5.92 Å². The lowest BCUT2D eigenvalue weighted by molar-refractivity contribution is 0.00454. The highest BCUT2D eigenvalue weighted by Crippen LogP contribution is 2.32. The molecule has 3 heteroatoms. The van der Waals surface area contributed by atoms with Crippen LogP contribution in [0, 0.1) is 0 Å². The van der Waals surface area contributed by atoms with Crippen molar-refractivity contribution in [2.24, 2.45) is 0 Å². The van der Waals surface area contributed by atoms with Crippen LogP contribution in [0.3, 0.4) is 0 Å². The summed E-state index contributed by atoms with van der Waals surface area (Å²) in [6.07, 6.45) is 3.18. The van der Waals surface area contributed by atoms with E-state index in [1.807, 2.05) is 0 Å². The van der Waals surface area contributed by atoms with E-state index >= 15 is 0 Å². The smallest absolute Gasteiger partial charge is 0.285 e. The van der Waals surface area contributed by atoms with Crippen molar-refractivity contribution in [1.29, 1.82) is 0 Å². The molecule has 1 rings (SSSR count). The maximum absolute atomic E-state index is 13.4. The van der Waals surface area contributed by atoms with E-state index in [-0.39, 0.29) is 12.1 Å². The zero-order valence-corrected chi connectivity index (χ0v) is 8.27. The van der Waals surface area contributed by atoms with Gasteiger partial charge in [-0.05, 0) is 20.9 Å². The van der Waals surface area contributed by atoms with Gasteiger partial charge in [0.2, 0.25) is 0 Å². The average molecular weight is 187 g/mol. The van der Waals surface area contributed by atoms with Gasteiger partial charge in [-0.15, -0.1) is 0 Å². The number of allylic oxidation sites excluding steroid dienone is 2. The summed E-state index contributed by atoms with van der Waals surface area (Å²) >= 11 is 0. The van der Waals surface area contributed by atoms with Gasteiger partial charge in [-0.25, -0.2) is 0 Å². The van der Waals surface area contributed by atoms with Gasteiger partial charge < -0.3 is 0 Å². The third-order valence-corrected chi connectivity index (χ3v) is 2.16. The van der Waals surface area contributed by atoms with Crippen molar-refractivity contribution < 1.29 is 8.78 Å². The zero-order chi connectivity index (χ0) is 10.1. The van der Waals surface area contributed by atoms with Crippen molar-refractivity contribution >= 4 is 0 Å². The lowest BCUT2D eigenvalue weighted by atomic mass is 9.97. The summed E-state index contributed by atoms with van der Waals surface area (Å²) < 4.78 is 26.8. The van der Waals surface area contributed by atoms with Crippen molar-refractivity contribution in [3.63, 3.8) is 0 Å². The Morgan fingerprint density at radius 3 is 2.54 bits per heavy atom. The molecule has 0 saturated heterocycles. The normalized spacial score (nSPS) is 24.4. The van der Waals surface area contributed by atoms with Crippen LogP contribution < -0.4 is 0 Å². The van der Waals surface area contributed by atoms with Gasteiger partial charge in [-0.1, -0.05) is 17.7 Å².